The summed E-state index contributed by atoms with van der Waals surface area (Å²) in [6, 6.07) is 21.8. The molecule has 0 unspecified atom stereocenters. The topological polar surface area (TPSA) is 83.4 Å². The number of carbonyl (C=O) groups is 2. The minimum Gasteiger partial charge on any atom is -0.353 e. The SMILES string of the molecule is O=C1c2ccccc2C(=O)N1CCN1CCC(Nc2nc3ccccc3n2CCCc2ccccn2)CC1. The van der Waals surface area contributed by atoms with Crippen molar-refractivity contribution in [2.75, 3.05) is 31.5 Å². The molecule has 0 saturated carbocycles. The quantitative estimate of drug-likeness (QED) is 0.341. The molecule has 0 spiro atoms. The molecule has 6 rings (SSSR count). The van der Waals surface area contributed by atoms with Crippen molar-refractivity contribution >= 4 is 28.8 Å². The number of pyridine rings is 1. The van der Waals surface area contributed by atoms with Gasteiger partial charge in [-0.3, -0.25) is 19.5 Å². The summed E-state index contributed by atoms with van der Waals surface area (Å²) in [6.07, 6.45) is 5.74. The highest BCUT2D eigenvalue weighted by atomic mass is 16.2. The molecule has 194 valence electrons. The smallest absolute Gasteiger partial charge is 0.261 e. The molecule has 1 N–H and O–H groups in total. The van der Waals surface area contributed by atoms with E-state index in [1.807, 2.05) is 24.4 Å². The van der Waals surface area contributed by atoms with E-state index in [2.05, 4.69) is 44.0 Å². The Bertz CT molecular complexity index is 1410. The number of aromatic nitrogens is 3. The Labute approximate surface area is 222 Å². The van der Waals surface area contributed by atoms with Gasteiger partial charge in [0.25, 0.3) is 11.8 Å². The van der Waals surface area contributed by atoms with Gasteiger partial charge in [-0.1, -0.05) is 30.3 Å². The van der Waals surface area contributed by atoms with Gasteiger partial charge >= 0.3 is 0 Å². The van der Waals surface area contributed by atoms with Crippen LogP contribution >= 0.6 is 0 Å². The van der Waals surface area contributed by atoms with Crippen LogP contribution in [0.3, 0.4) is 0 Å². The Morgan fingerprint density at radius 1 is 0.816 bits per heavy atom. The molecule has 38 heavy (non-hydrogen) atoms. The molecule has 0 bridgehead atoms. The highest BCUT2D eigenvalue weighted by Gasteiger charge is 2.35. The van der Waals surface area contributed by atoms with Crippen molar-refractivity contribution in [2.45, 2.75) is 38.3 Å². The summed E-state index contributed by atoms with van der Waals surface area (Å²) in [5.41, 5.74) is 4.30. The van der Waals surface area contributed by atoms with Gasteiger partial charge in [0.1, 0.15) is 0 Å². The number of nitrogens with zero attached hydrogens (tertiary/aromatic N) is 5. The van der Waals surface area contributed by atoms with Gasteiger partial charge in [0.05, 0.1) is 22.2 Å². The first kappa shape index (κ1) is 24.3. The van der Waals surface area contributed by atoms with Gasteiger partial charge in [0, 0.05) is 50.7 Å². The van der Waals surface area contributed by atoms with Gasteiger partial charge < -0.3 is 14.8 Å². The van der Waals surface area contributed by atoms with Crippen molar-refractivity contribution in [3.05, 3.63) is 89.7 Å². The zero-order valence-corrected chi connectivity index (χ0v) is 21.4. The fraction of sp³-hybridized carbons (Fsp3) is 0.333. The summed E-state index contributed by atoms with van der Waals surface area (Å²) in [6.45, 7) is 3.83. The number of nitrogens with one attached hydrogen (secondary N) is 1. The van der Waals surface area contributed by atoms with E-state index in [-0.39, 0.29) is 11.8 Å². The number of hydrogen-bond acceptors (Lipinski definition) is 6. The predicted molar refractivity (Wildman–Crippen MR) is 147 cm³/mol. The second kappa shape index (κ2) is 10.8. The highest BCUT2D eigenvalue weighted by Crippen LogP contribution is 2.25. The lowest BCUT2D eigenvalue weighted by Gasteiger charge is -2.33. The Kier molecular flexibility index (Phi) is 6.88. The number of likely N-dealkylation sites (tertiary alicyclic amines) is 1. The molecule has 1 saturated heterocycles. The molecular weight excluding hydrogens is 476 g/mol. The summed E-state index contributed by atoms with van der Waals surface area (Å²) in [7, 11) is 0. The van der Waals surface area contributed by atoms with Crippen LogP contribution in [-0.2, 0) is 13.0 Å². The Morgan fingerprint density at radius 2 is 1.53 bits per heavy atom. The number of imide groups is 1. The number of hydrogen-bond donors (Lipinski definition) is 1. The Balaban J connectivity index is 1.04. The zero-order chi connectivity index (χ0) is 25.9. The van der Waals surface area contributed by atoms with Crippen LogP contribution in [0.15, 0.2) is 72.9 Å². The normalized spacial score (nSPS) is 16.4. The molecule has 4 aromatic rings. The lowest BCUT2D eigenvalue weighted by atomic mass is 10.1. The largest absolute Gasteiger partial charge is 0.353 e. The van der Waals surface area contributed by atoms with Gasteiger partial charge in [-0.15, -0.1) is 0 Å². The van der Waals surface area contributed by atoms with Crippen molar-refractivity contribution in [3.63, 3.8) is 0 Å². The van der Waals surface area contributed by atoms with Gasteiger partial charge in [-0.2, -0.15) is 0 Å². The molecule has 0 atom stereocenters. The number of amides is 2. The molecule has 8 nitrogen and oxygen atoms in total. The van der Waals surface area contributed by atoms with E-state index < -0.39 is 0 Å². The molecule has 0 radical (unpaired) electrons. The second-order valence-electron chi connectivity index (χ2n) is 10.1. The standard InChI is InChI=1S/C30H32N6O2/c37-28-24-10-1-2-11-25(24)29(38)36(28)21-20-34-18-14-23(15-19-34)32-30-33-26-12-3-4-13-27(26)35(30)17-7-9-22-8-5-6-16-31-22/h1-6,8,10-13,16,23H,7,9,14-15,17-21H2,(H,32,33). The van der Waals surface area contributed by atoms with Gasteiger partial charge in [0.15, 0.2) is 0 Å². The Morgan fingerprint density at radius 3 is 2.26 bits per heavy atom. The van der Waals surface area contributed by atoms with Crippen LogP contribution in [0.5, 0.6) is 0 Å². The fourth-order valence-corrected chi connectivity index (χ4v) is 5.54. The first-order chi connectivity index (χ1) is 18.7. The van der Waals surface area contributed by atoms with E-state index in [1.165, 1.54) is 4.90 Å². The number of rotatable bonds is 9. The lowest BCUT2D eigenvalue weighted by molar-refractivity contribution is 0.0630. The first-order valence-electron chi connectivity index (χ1n) is 13.5. The van der Waals surface area contributed by atoms with Crippen LogP contribution in [0.4, 0.5) is 5.95 Å². The molecule has 8 heteroatoms. The van der Waals surface area contributed by atoms with Gasteiger partial charge in [-0.25, -0.2) is 4.98 Å². The van der Waals surface area contributed by atoms with E-state index >= 15 is 0 Å². The minimum atomic E-state index is -0.177. The van der Waals surface area contributed by atoms with Crippen molar-refractivity contribution in [1.82, 2.24) is 24.3 Å². The third kappa shape index (κ3) is 4.91. The first-order valence-corrected chi connectivity index (χ1v) is 13.5. The zero-order valence-electron chi connectivity index (χ0n) is 21.4. The number of imidazole rings is 1. The van der Waals surface area contributed by atoms with Crippen molar-refractivity contribution < 1.29 is 9.59 Å². The third-order valence-corrected chi connectivity index (χ3v) is 7.63. The Hall–Kier alpha value is -4.04. The van der Waals surface area contributed by atoms with Crippen LogP contribution in [0, 0.1) is 0 Å². The molecule has 2 aromatic heterocycles. The maximum absolute atomic E-state index is 12.7. The van der Waals surface area contributed by atoms with Crippen LogP contribution in [0.1, 0.15) is 45.7 Å². The number of anilines is 1. The van der Waals surface area contributed by atoms with E-state index in [0.717, 1.165) is 68.0 Å². The summed E-state index contributed by atoms with van der Waals surface area (Å²) in [5.74, 6) is 0.574. The van der Waals surface area contributed by atoms with E-state index in [4.69, 9.17) is 4.98 Å². The average Bonchev–Trinajstić information content (AvgIpc) is 3.42. The van der Waals surface area contributed by atoms with Crippen LogP contribution in [0.2, 0.25) is 0 Å². The summed E-state index contributed by atoms with van der Waals surface area (Å²) >= 11 is 0. The molecule has 0 aliphatic carbocycles. The number of fused-ring (bicyclic) bond motifs is 2. The third-order valence-electron chi connectivity index (χ3n) is 7.63. The predicted octanol–water partition coefficient (Wildman–Crippen LogP) is 4.24. The maximum Gasteiger partial charge on any atom is 0.261 e. The number of carbonyl (C=O) groups excluding carboxylic acids is 2. The number of para-hydroxylation sites is 2. The van der Waals surface area contributed by atoms with E-state index in [0.29, 0.717) is 30.3 Å². The van der Waals surface area contributed by atoms with Gasteiger partial charge in [0.2, 0.25) is 5.95 Å². The minimum absolute atomic E-state index is 0.177. The molecule has 2 aliphatic heterocycles. The second-order valence-corrected chi connectivity index (χ2v) is 10.1. The summed E-state index contributed by atoms with van der Waals surface area (Å²) < 4.78 is 2.30. The monoisotopic (exact) mass is 508 g/mol. The molecule has 2 amide bonds. The van der Waals surface area contributed by atoms with Crippen molar-refractivity contribution in [1.29, 1.82) is 0 Å². The lowest BCUT2D eigenvalue weighted by Crippen LogP contribution is -2.44. The summed E-state index contributed by atoms with van der Waals surface area (Å²) in [4.78, 5) is 38.4. The molecule has 4 heterocycles. The maximum atomic E-state index is 12.7. The van der Waals surface area contributed by atoms with Gasteiger partial charge in [-0.05, 0) is 62.1 Å². The number of piperidine rings is 1. The van der Waals surface area contributed by atoms with E-state index in [1.54, 1.807) is 24.3 Å². The number of benzene rings is 2. The number of aryl methyl sites for hydroxylation is 2. The van der Waals surface area contributed by atoms with Crippen LogP contribution in [-0.4, -0.2) is 68.4 Å². The van der Waals surface area contributed by atoms with Crippen LogP contribution in [0.25, 0.3) is 11.0 Å². The molecule has 2 aromatic carbocycles. The average molecular weight is 509 g/mol. The van der Waals surface area contributed by atoms with E-state index in [9.17, 15) is 9.59 Å². The molecule has 1 fully saturated rings. The fourth-order valence-electron chi connectivity index (χ4n) is 5.54. The van der Waals surface area contributed by atoms with Crippen molar-refractivity contribution in [3.8, 4) is 0 Å². The highest BCUT2D eigenvalue weighted by molar-refractivity contribution is 6.21. The molecule has 2 aliphatic rings. The van der Waals surface area contributed by atoms with Crippen LogP contribution < -0.4 is 5.32 Å². The molecular formula is C30H32N6O2. The van der Waals surface area contributed by atoms with Crippen molar-refractivity contribution in [2.24, 2.45) is 0 Å². The summed E-state index contributed by atoms with van der Waals surface area (Å²) in [5, 5.41) is 3.72.